The third kappa shape index (κ3) is 5.94. The minimum absolute atomic E-state index is 0.0350. The fraction of sp³-hybridized carbons (Fsp3) is 0.500. The Balaban J connectivity index is 1.93. The number of hydrogen-bond donors (Lipinski definition) is 8. The van der Waals surface area contributed by atoms with Gasteiger partial charge in [-0.15, -0.1) is 6.42 Å². The summed E-state index contributed by atoms with van der Waals surface area (Å²) in [4.78, 5) is 47.1. The van der Waals surface area contributed by atoms with Crippen LogP contribution in [-0.4, -0.2) is 73.7 Å². The maximum Gasteiger partial charge on any atom is 0.490 e. The molecule has 18 nitrogen and oxygen atoms in total. The standard InChI is InChI=1S/C14H20N5O13P3S/c1-3-14(21)7(4-20)9(6(2)30-34(25,26)32-35(27,28)31-33(22,23)24)29-12(14)19-5-16-8-10(19)17-13(15)18-11(8)36/h1,5-7,9,12,20-21H,4H2,2H3,(H,25,26)(H,27,28)(H2,22,23,24)(H3,15,17,18,36)/t6-,7?,9+,12+,14?/m0/s1. The average Bonchev–Trinajstić information content (AvgIpc) is 3.23. The van der Waals surface area contributed by atoms with Gasteiger partial charge in [-0.2, -0.15) is 13.6 Å². The first kappa shape index (κ1) is 29.0. The molecule has 2 aromatic rings. The summed E-state index contributed by atoms with van der Waals surface area (Å²) in [5.74, 6) is 0.615. The number of ether oxygens (including phenoxy) is 1. The predicted molar refractivity (Wildman–Crippen MR) is 120 cm³/mol. The lowest BCUT2D eigenvalue weighted by atomic mass is 9.84. The van der Waals surface area contributed by atoms with Crippen LogP contribution in [0.3, 0.4) is 0 Å². The molecule has 1 aliphatic heterocycles. The van der Waals surface area contributed by atoms with Gasteiger partial charge in [-0.3, -0.25) is 9.09 Å². The van der Waals surface area contributed by atoms with E-state index in [2.05, 4.69) is 29.5 Å². The van der Waals surface area contributed by atoms with Crippen molar-refractivity contribution in [2.24, 2.45) is 5.92 Å². The van der Waals surface area contributed by atoms with E-state index >= 15 is 0 Å². The van der Waals surface area contributed by atoms with E-state index < -0.39 is 60.0 Å². The van der Waals surface area contributed by atoms with Crippen LogP contribution in [0.15, 0.2) is 6.33 Å². The number of phosphoric acid groups is 3. The van der Waals surface area contributed by atoms with Crippen LogP contribution in [0.1, 0.15) is 13.2 Å². The Labute approximate surface area is 206 Å². The number of nitrogens with one attached hydrogen (secondary N) is 1. The summed E-state index contributed by atoms with van der Waals surface area (Å²) in [6.07, 6.45) is 2.10. The highest BCUT2D eigenvalue weighted by molar-refractivity contribution is 7.71. The molecule has 1 fully saturated rings. The monoisotopic (exact) mass is 591 g/mol. The van der Waals surface area contributed by atoms with Crippen molar-refractivity contribution in [1.82, 2.24) is 19.5 Å². The van der Waals surface area contributed by atoms with Crippen molar-refractivity contribution >= 4 is 52.8 Å². The summed E-state index contributed by atoms with van der Waals surface area (Å²) >= 11 is 5.13. The quantitative estimate of drug-likeness (QED) is 0.105. The Bertz CT molecular complexity index is 1400. The number of aliphatic hydroxyl groups is 2. The molecule has 0 spiro atoms. The number of hydrogen-bond acceptors (Lipinski definition) is 13. The summed E-state index contributed by atoms with van der Waals surface area (Å²) in [5, 5.41) is 21.2. The number of nitrogens with two attached hydrogens (primary N) is 1. The van der Waals surface area contributed by atoms with Crippen LogP contribution in [0, 0.1) is 22.9 Å². The van der Waals surface area contributed by atoms with E-state index in [9.17, 15) is 33.7 Å². The fourth-order valence-corrected chi connectivity index (χ4v) is 7.05. The Kier molecular flexibility index (Phi) is 8.01. The van der Waals surface area contributed by atoms with Crippen LogP contribution in [0.5, 0.6) is 0 Å². The second kappa shape index (κ2) is 9.95. The molecule has 1 saturated heterocycles. The molecule has 0 aromatic carbocycles. The summed E-state index contributed by atoms with van der Waals surface area (Å²) in [7, 11) is -17.0. The van der Waals surface area contributed by atoms with Gasteiger partial charge in [0.1, 0.15) is 10.2 Å². The Morgan fingerprint density at radius 3 is 2.53 bits per heavy atom. The van der Waals surface area contributed by atoms with E-state index in [1.165, 1.54) is 0 Å². The zero-order valence-corrected chi connectivity index (χ0v) is 21.4. The SMILES string of the molecule is C#CC1(O)C(CO)[C@@H]([C@H](C)OP(=O)(O)OP(=O)(O)OP(=O)(O)O)O[C@H]1n1cnc2c(=S)[nH]c(N)nc21. The topological polar surface area (TPSA) is 282 Å². The van der Waals surface area contributed by atoms with Crippen molar-refractivity contribution in [1.29, 1.82) is 0 Å². The van der Waals surface area contributed by atoms with Crippen molar-refractivity contribution in [3.63, 3.8) is 0 Å². The van der Waals surface area contributed by atoms with Gasteiger partial charge in [-0.1, -0.05) is 18.1 Å². The van der Waals surface area contributed by atoms with Gasteiger partial charge < -0.3 is 45.2 Å². The normalized spacial score (nSPS) is 28.9. The van der Waals surface area contributed by atoms with Gasteiger partial charge in [-0.05, 0) is 6.92 Å². The first-order chi connectivity index (χ1) is 16.4. The van der Waals surface area contributed by atoms with E-state index in [-0.39, 0.29) is 21.8 Å². The van der Waals surface area contributed by atoms with Crippen molar-refractivity contribution < 1.29 is 61.4 Å². The highest BCUT2D eigenvalue weighted by Crippen LogP contribution is 2.67. The van der Waals surface area contributed by atoms with Crippen molar-refractivity contribution in [2.45, 2.75) is 31.0 Å². The van der Waals surface area contributed by atoms with E-state index in [0.29, 0.717) is 0 Å². The summed E-state index contributed by atoms with van der Waals surface area (Å²) in [6.45, 7) is 0.262. The maximum absolute atomic E-state index is 12.2. The van der Waals surface area contributed by atoms with E-state index in [4.69, 9.17) is 43.4 Å². The first-order valence-electron chi connectivity index (χ1n) is 9.44. The van der Waals surface area contributed by atoms with Crippen LogP contribution < -0.4 is 5.73 Å². The molecule has 0 bridgehead atoms. The third-order valence-corrected chi connectivity index (χ3v) is 9.16. The fourth-order valence-electron chi connectivity index (χ4n) is 3.60. The van der Waals surface area contributed by atoms with Crippen molar-refractivity contribution in [3.05, 3.63) is 11.0 Å². The zero-order chi connectivity index (χ0) is 27.3. The molecule has 1 aliphatic rings. The molecule has 4 unspecified atom stereocenters. The van der Waals surface area contributed by atoms with E-state index in [1.54, 1.807) is 0 Å². The molecule has 7 atom stereocenters. The van der Waals surface area contributed by atoms with Gasteiger partial charge in [0.05, 0.1) is 31.1 Å². The minimum atomic E-state index is -5.78. The number of nitrogen functional groups attached to an aromatic ring is 1. The van der Waals surface area contributed by atoms with Crippen molar-refractivity contribution in [2.75, 3.05) is 12.3 Å². The lowest BCUT2D eigenvalue weighted by molar-refractivity contribution is -0.0830. The zero-order valence-electron chi connectivity index (χ0n) is 17.9. The summed E-state index contributed by atoms with van der Waals surface area (Å²) < 4.78 is 53.8. The number of phosphoric ester groups is 1. The molecular weight excluding hydrogens is 571 g/mol. The van der Waals surface area contributed by atoms with Crippen LogP contribution in [0.4, 0.5) is 5.95 Å². The third-order valence-electron chi connectivity index (χ3n) is 4.93. The molecule has 3 rings (SSSR count). The molecule has 2 aromatic heterocycles. The number of aromatic amines is 1. The van der Waals surface area contributed by atoms with E-state index in [1.807, 2.05) is 0 Å². The Morgan fingerprint density at radius 1 is 1.33 bits per heavy atom. The largest absolute Gasteiger partial charge is 0.490 e. The second-order valence-corrected chi connectivity index (χ2v) is 12.2. The number of H-pyrrole nitrogens is 1. The van der Waals surface area contributed by atoms with E-state index in [0.717, 1.165) is 17.8 Å². The summed E-state index contributed by atoms with van der Waals surface area (Å²) in [6, 6.07) is 0. The van der Waals surface area contributed by atoms with Crippen LogP contribution in [0.25, 0.3) is 11.2 Å². The van der Waals surface area contributed by atoms with Crippen LogP contribution in [-0.2, 0) is 31.6 Å². The number of rotatable bonds is 9. The minimum Gasteiger partial charge on any atom is -0.396 e. The smallest absolute Gasteiger partial charge is 0.396 e. The highest BCUT2D eigenvalue weighted by Gasteiger charge is 2.58. The molecule has 200 valence electrons. The number of anilines is 1. The maximum atomic E-state index is 12.2. The van der Waals surface area contributed by atoms with Gasteiger partial charge in [0, 0.05) is 0 Å². The lowest BCUT2D eigenvalue weighted by Gasteiger charge is -2.29. The molecule has 22 heteroatoms. The molecule has 36 heavy (non-hydrogen) atoms. The van der Waals surface area contributed by atoms with Crippen LogP contribution >= 0.6 is 35.7 Å². The molecule has 0 aliphatic carbocycles. The Hall–Kier alpha value is -1.58. The number of fused-ring (bicyclic) bond motifs is 1. The number of terminal acetylenes is 1. The summed E-state index contributed by atoms with van der Waals surface area (Å²) in [5.41, 5.74) is 3.59. The number of nitrogens with zero attached hydrogens (tertiary/aromatic N) is 3. The van der Waals surface area contributed by atoms with Crippen LogP contribution in [0.2, 0.25) is 0 Å². The highest BCUT2D eigenvalue weighted by atomic mass is 32.1. The molecular formula is C14H20N5O13P3S. The molecule has 0 saturated carbocycles. The van der Waals surface area contributed by atoms with Gasteiger partial charge in [0.15, 0.2) is 17.5 Å². The molecule has 3 heterocycles. The number of imidazole rings is 1. The van der Waals surface area contributed by atoms with Gasteiger partial charge in [0.25, 0.3) is 0 Å². The van der Waals surface area contributed by atoms with Gasteiger partial charge >= 0.3 is 23.5 Å². The first-order valence-corrected chi connectivity index (χ1v) is 14.4. The molecule has 9 N–H and O–H groups in total. The predicted octanol–water partition coefficient (Wildman–Crippen LogP) is -0.327. The number of aromatic nitrogens is 4. The van der Waals surface area contributed by atoms with Crippen molar-refractivity contribution in [3.8, 4) is 12.3 Å². The second-order valence-electron chi connectivity index (χ2n) is 7.39. The van der Waals surface area contributed by atoms with Gasteiger partial charge in [-0.25, -0.2) is 18.7 Å². The average molecular weight is 591 g/mol. The molecule has 0 amide bonds. The molecule has 0 radical (unpaired) electrons. The Morgan fingerprint density at radius 2 is 1.97 bits per heavy atom. The lowest BCUT2D eigenvalue weighted by Crippen LogP contribution is -2.45. The number of aliphatic hydroxyl groups excluding tert-OH is 1. The van der Waals surface area contributed by atoms with Gasteiger partial charge in [0.2, 0.25) is 5.95 Å².